The quantitative estimate of drug-likeness (QED) is 0.708. The predicted molar refractivity (Wildman–Crippen MR) is 112 cm³/mol. The lowest BCUT2D eigenvalue weighted by molar-refractivity contribution is -0.134. The zero-order valence-electron chi connectivity index (χ0n) is 18.6. The minimum atomic E-state index is -3.87. The molecule has 3 heterocycles. The molecule has 3 atom stereocenters. The first kappa shape index (κ1) is 23.2. The van der Waals surface area contributed by atoms with E-state index in [-0.39, 0.29) is 34.5 Å². The Morgan fingerprint density at radius 2 is 1.80 bits per heavy atom. The number of carbonyl (C=O) groups excluding carboxylic acids is 1. The Hall–Kier alpha value is -1.49. The second kappa shape index (κ2) is 9.33. The van der Waals surface area contributed by atoms with E-state index < -0.39 is 16.1 Å². The Bertz CT molecular complexity index is 818. The molecule has 0 radical (unpaired) electrons. The van der Waals surface area contributed by atoms with E-state index in [0.29, 0.717) is 19.0 Å². The van der Waals surface area contributed by atoms with Crippen molar-refractivity contribution in [3.05, 3.63) is 11.5 Å². The van der Waals surface area contributed by atoms with Gasteiger partial charge in [0.15, 0.2) is 5.76 Å². The summed E-state index contributed by atoms with van der Waals surface area (Å²) in [6, 6.07) is -0.846. The molecule has 2 fully saturated rings. The first-order valence-electron chi connectivity index (χ1n) is 10.7. The van der Waals surface area contributed by atoms with Crippen molar-refractivity contribution in [2.24, 2.45) is 5.92 Å². The first-order chi connectivity index (χ1) is 14.1. The zero-order valence-corrected chi connectivity index (χ0v) is 19.4. The Balaban J connectivity index is 1.51. The summed E-state index contributed by atoms with van der Waals surface area (Å²) in [5, 5.41) is 3.69. The highest BCUT2D eigenvalue weighted by Crippen LogP contribution is 2.22. The number of hydrogen-bond donors (Lipinski definition) is 1. The standard InChI is InChI=1S/C20H34N4O5S/c1-13-10-23(11-14(2)28-13)12-18-6-8-24(9-7-18)20(25)16(4)22-30(26,27)19-15(3)21-29-17(19)5/h13-14,16,18,22H,6-12H2,1-5H3/t13?,14?,16-/m0/s1. The average molecular weight is 443 g/mol. The number of ether oxygens (including phenoxy) is 1. The van der Waals surface area contributed by atoms with Gasteiger partial charge in [-0.1, -0.05) is 5.16 Å². The molecule has 2 aliphatic heterocycles. The van der Waals surface area contributed by atoms with Gasteiger partial charge in [0.2, 0.25) is 15.9 Å². The lowest BCUT2D eigenvalue weighted by Gasteiger charge is -2.39. The van der Waals surface area contributed by atoms with Crippen molar-refractivity contribution in [3.63, 3.8) is 0 Å². The van der Waals surface area contributed by atoms with E-state index >= 15 is 0 Å². The maximum absolute atomic E-state index is 12.8. The molecule has 1 amide bonds. The van der Waals surface area contributed by atoms with E-state index in [4.69, 9.17) is 9.26 Å². The third-order valence-electron chi connectivity index (χ3n) is 5.88. The van der Waals surface area contributed by atoms with Gasteiger partial charge in [-0.3, -0.25) is 9.69 Å². The molecule has 2 saturated heterocycles. The largest absolute Gasteiger partial charge is 0.373 e. The van der Waals surface area contributed by atoms with Crippen LogP contribution >= 0.6 is 0 Å². The lowest BCUT2D eigenvalue weighted by atomic mass is 9.95. The summed E-state index contributed by atoms with van der Waals surface area (Å²) in [7, 11) is -3.87. The number of carbonyl (C=O) groups is 1. The Labute approximate surface area is 179 Å². The van der Waals surface area contributed by atoms with Crippen molar-refractivity contribution in [3.8, 4) is 0 Å². The lowest BCUT2D eigenvalue weighted by Crippen LogP contribution is -2.51. The monoisotopic (exact) mass is 442 g/mol. The van der Waals surface area contributed by atoms with Gasteiger partial charge in [0.25, 0.3) is 0 Å². The summed E-state index contributed by atoms with van der Waals surface area (Å²) >= 11 is 0. The number of nitrogens with zero attached hydrogens (tertiary/aromatic N) is 3. The number of morpholine rings is 1. The number of rotatable bonds is 6. The van der Waals surface area contributed by atoms with Gasteiger partial charge in [0.05, 0.1) is 18.2 Å². The number of aryl methyl sites for hydroxylation is 2. The van der Waals surface area contributed by atoms with Crippen molar-refractivity contribution in [2.45, 2.75) is 70.6 Å². The predicted octanol–water partition coefficient (Wildman–Crippen LogP) is 1.31. The summed E-state index contributed by atoms with van der Waals surface area (Å²) < 4.78 is 38.6. The summed E-state index contributed by atoms with van der Waals surface area (Å²) in [6.07, 6.45) is 2.36. The topological polar surface area (TPSA) is 105 Å². The smallest absolute Gasteiger partial charge is 0.246 e. The molecule has 0 spiro atoms. The highest BCUT2D eigenvalue weighted by atomic mass is 32.2. The van der Waals surface area contributed by atoms with Gasteiger partial charge in [-0.2, -0.15) is 4.72 Å². The van der Waals surface area contributed by atoms with Crippen LogP contribution in [0, 0.1) is 19.8 Å². The fourth-order valence-corrected chi connectivity index (χ4v) is 6.13. The van der Waals surface area contributed by atoms with Crippen LogP contribution in [0.15, 0.2) is 9.42 Å². The molecule has 2 aliphatic rings. The number of aromatic nitrogens is 1. The van der Waals surface area contributed by atoms with Crippen LogP contribution in [0.4, 0.5) is 0 Å². The second-order valence-corrected chi connectivity index (χ2v) is 10.4. The van der Waals surface area contributed by atoms with E-state index in [2.05, 4.69) is 28.6 Å². The first-order valence-corrected chi connectivity index (χ1v) is 12.2. The van der Waals surface area contributed by atoms with Crippen molar-refractivity contribution in [2.75, 3.05) is 32.7 Å². The third-order valence-corrected chi connectivity index (χ3v) is 7.66. The number of piperidine rings is 1. The summed E-state index contributed by atoms with van der Waals surface area (Å²) in [6.45, 7) is 13.1. The fraction of sp³-hybridized carbons (Fsp3) is 0.800. The molecular weight excluding hydrogens is 408 g/mol. The van der Waals surface area contributed by atoms with E-state index in [1.54, 1.807) is 25.7 Å². The molecule has 0 bridgehead atoms. The van der Waals surface area contributed by atoms with Crippen LogP contribution in [-0.2, 0) is 19.6 Å². The second-order valence-electron chi connectivity index (χ2n) is 8.74. The van der Waals surface area contributed by atoms with E-state index in [1.165, 1.54) is 0 Å². The van der Waals surface area contributed by atoms with E-state index in [0.717, 1.165) is 32.5 Å². The molecule has 3 rings (SSSR count). The number of nitrogens with one attached hydrogen (secondary N) is 1. The van der Waals surface area contributed by atoms with Gasteiger partial charge in [0, 0.05) is 32.7 Å². The highest BCUT2D eigenvalue weighted by Gasteiger charge is 2.32. The molecule has 30 heavy (non-hydrogen) atoms. The molecule has 0 aromatic carbocycles. The highest BCUT2D eigenvalue weighted by molar-refractivity contribution is 7.89. The van der Waals surface area contributed by atoms with Gasteiger partial charge in [-0.15, -0.1) is 0 Å². The molecule has 0 saturated carbocycles. The SMILES string of the molecule is Cc1noc(C)c1S(=O)(=O)N[C@@H](C)C(=O)N1CCC(CN2CC(C)OC(C)C2)CC1. The van der Waals surface area contributed by atoms with E-state index in [9.17, 15) is 13.2 Å². The molecule has 170 valence electrons. The Morgan fingerprint density at radius 1 is 1.20 bits per heavy atom. The zero-order chi connectivity index (χ0) is 22.1. The molecule has 1 aromatic rings. The summed E-state index contributed by atoms with van der Waals surface area (Å²) in [5.74, 6) is 0.561. The molecular formula is C20H34N4O5S. The van der Waals surface area contributed by atoms with Gasteiger partial charge in [-0.25, -0.2) is 8.42 Å². The van der Waals surface area contributed by atoms with Crippen LogP contribution in [0.25, 0.3) is 0 Å². The van der Waals surface area contributed by atoms with Crippen LogP contribution in [0.3, 0.4) is 0 Å². The molecule has 1 aromatic heterocycles. The summed E-state index contributed by atoms with van der Waals surface area (Å²) in [4.78, 5) is 17.1. The van der Waals surface area contributed by atoms with Crippen molar-refractivity contribution < 1.29 is 22.5 Å². The minimum absolute atomic E-state index is 0.00910. The third kappa shape index (κ3) is 5.40. The van der Waals surface area contributed by atoms with Crippen LogP contribution in [0.2, 0.25) is 0 Å². The Morgan fingerprint density at radius 3 is 2.33 bits per heavy atom. The van der Waals surface area contributed by atoms with Crippen molar-refractivity contribution in [1.82, 2.24) is 19.7 Å². The van der Waals surface area contributed by atoms with Gasteiger partial charge in [-0.05, 0) is 53.4 Å². The summed E-state index contributed by atoms with van der Waals surface area (Å²) in [5.41, 5.74) is 0.284. The number of amides is 1. The fourth-order valence-electron chi connectivity index (χ4n) is 4.61. The molecule has 0 aliphatic carbocycles. The molecule has 1 N–H and O–H groups in total. The van der Waals surface area contributed by atoms with Crippen LogP contribution in [0.5, 0.6) is 0 Å². The normalized spacial score (nSPS) is 25.4. The van der Waals surface area contributed by atoms with Gasteiger partial charge in [0.1, 0.15) is 10.6 Å². The van der Waals surface area contributed by atoms with Crippen LogP contribution in [0.1, 0.15) is 45.1 Å². The maximum atomic E-state index is 12.8. The number of hydrogen-bond acceptors (Lipinski definition) is 7. The van der Waals surface area contributed by atoms with Crippen LogP contribution < -0.4 is 4.72 Å². The molecule has 2 unspecified atom stereocenters. The van der Waals surface area contributed by atoms with Gasteiger partial charge < -0.3 is 14.2 Å². The Kier molecular flexibility index (Phi) is 7.21. The van der Waals surface area contributed by atoms with Crippen molar-refractivity contribution in [1.29, 1.82) is 0 Å². The molecule has 10 heteroatoms. The van der Waals surface area contributed by atoms with Crippen molar-refractivity contribution >= 4 is 15.9 Å². The maximum Gasteiger partial charge on any atom is 0.246 e. The minimum Gasteiger partial charge on any atom is -0.373 e. The van der Waals surface area contributed by atoms with Gasteiger partial charge >= 0.3 is 0 Å². The van der Waals surface area contributed by atoms with E-state index in [1.807, 2.05) is 0 Å². The van der Waals surface area contributed by atoms with Crippen LogP contribution in [-0.4, -0.2) is 80.3 Å². The average Bonchev–Trinajstić information content (AvgIpc) is 2.99. The number of likely N-dealkylation sites (tertiary alicyclic amines) is 1. The number of sulfonamides is 1. The molecule has 9 nitrogen and oxygen atoms in total.